The molecule has 0 aliphatic rings. The number of halogens is 1. The quantitative estimate of drug-likeness (QED) is 0.778. The van der Waals surface area contributed by atoms with Gasteiger partial charge in [0.15, 0.2) is 0 Å². The Kier molecular flexibility index (Phi) is 3.69. The van der Waals surface area contributed by atoms with Crippen molar-refractivity contribution in [2.24, 2.45) is 5.92 Å². The molecule has 0 aliphatic carbocycles. The first kappa shape index (κ1) is 14.1. The van der Waals surface area contributed by atoms with Crippen molar-refractivity contribution < 1.29 is 5.11 Å². The largest absolute Gasteiger partial charge is 0.391 e. The Morgan fingerprint density at radius 3 is 2.76 bits per heavy atom. The van der Waals surface area contributed by atoms with Gasteiger partial charge in [0.2, 0.25) is 5.95 Å². The zero-order valence-corrected chi connectivity index (χ0v) is 12.7. The minimum Gasteiger partial charge on any atom is -0.391 e. The van der Waals surface area contributed by atoms with Crippen LogP contribution in [-0.4, -0.2) is 24.9 Å². The number of hydrogen-bond acceptors (Lipinski definition) is 3. The van der Waals surface area contributed by atoms with Crippen molar-refractivity contribution in [3.8, 4) is 5.95 Å². The number of rotatable bonds is 4. The zero-order chi connectivity index (χ0) is 15.0. The van der Waals surface area contributed by atoms with E-state index in [9.17, 15) is 5.11 Å². The lowest BCUT2D eigenvalue weighted by atomic mass is 10.1. The van der Waals surface area contributed by atoms with Crippen molar-refractivity contribution in [3.05, 3.63) is 40.7 Å². The molecule has 3 aromatic rings. The number of aliphatic hydroxyl groups excluding tert-OH is 1. The SMILES string of the molecule is CC(C)Cc1nn(-c2nc3ccccc3[nH]2)c(Cl)c1CO. The van der Waals surface area contributed by atoms with Crippen LogP contribution < -0.4 is 0 Å². The Bertz CT molecular complexity index is 742. The lowest BCUT2D eigenvalue weighted by Crippen LogP contribution is -2.01. The molecule has 0 atom stereocenters. The van der Waals surface area contributed by atoms with Crippen molar-refractivity contribution in [2.75, 3.05) is 0 Å². The number of nitrogens with zero attached hydrogens (tertiary/aromatic N) is 3. The van der Waals surface area contributed by atoms with E-state index in [0.29, 0.717) is 22.6 Å². The van der Waals surface area contributed by atoms with Gasteiger partial charge in [0.05, 0.1) is 23.3 Å². The number of aromatic nitrogens is 4. The van der Waals surface area contributed by atoms with Crippen LogP contribution in [0.1, 0.15) is 25.1 Å². The number of fused-ring (bicyclic) bond motifs is 1. The average molecular weight is 305 g/mol. The lowest BCUT2D eigenvalue weighted by Gasteiger charge is -2.02. The van der Waals surface area contributed by atoms with E-state index < -0.39 is 0 Å². The molecular formula is C15H17ClN4O. The maximum absolute atomic E-state index is 9.54. The summed E-state index contributed by atoms with van der Waals surface area (Å²) in [6.07, 6.45) is 0.767. The predicted molar refractivity (Wildman–Crippen MR) is 82.7 cm³/mol. The Morgan fingerprint density at radius 1 is 1.33 bits per heavy atom. The van der Waals surface area contributed by atoms with Crippen LogP contribution in [0.5, 0.6) is 0 Å². The molecule has 2 N–H and O–H groups in total. The number of nitrogens with one attached hydrogen (secondary N) is 1. The van der Waals surface area contributed by atoms with Crippen molar-refractivity contribution in [1.29, 1.82) is 0 Å². The van der Waals surface area contributed by atoms with E-state index >= 15 is 0 Å². The van der Waals surface area contributed by atoms with Gasteiger partial charge >= 0.3 is 0 Å². The maximum Gasteiger partial charge on any atom is 0.230 e. The molecule has 0 amide bonds. The summed E-state index contributed by atoms with van der Waals surface area (Å²) in [6.45, 7) is 4.09. The van der Waals surface area contributed by atoms with Gasteiger partial charge in [-0.1, -0.05) is 37.6 Å². The number of aromatic amines is 1. The van der Waals surface area contributed by atoms with Gasteiger partial charge in [-0.05, 0) is 24.5 Å². The highest BCUT2D eigenvalue weighted by Crippen LogP contribution is 2.25. The van der Waals surface area contributed by atoms with Crippen LogP contribution in [0.25, 0.3) is 17.0 Å². The number of aliphatic hydroxyl groups is 1. The molecule has 0 spiro atoms. The predicted octanol–water partition coefficient (Wildman–Crippen LogP) is 3.09. The summed E-state index contributed by atoms with van der Waals surface area (Å²) in [5.41, 5.74) is 3.27. The molecule has 110 valence electrons. The maximum atomic E-state index is 9.54. The second-order valence-corrected chi connectivity index (χ2v) is 5.82. The number of benzene rings is 1. The van der Waals surface area contributed by atoms with E-state index in [-0.39, 0.29) is 6.61 Å². The van der Waals surface area contributed by atoms with Gasteiger partial charge in [0.25, 0.3) is 0 Å². The topological polar surface area (TPSA) is 66.7 Å². The summed E-state index contributed by atoms with van der Waals surface area (Å²) in [4.78, 5) is 7.68. The molecule has 3 rings (SSSR count). The molecule has 2 aromatic heterocycles. The van der Waals surface area contributed by atoms with Crippen molar-refractivity contribution in [1.82, 2.24) is 19.7 Å². The molecule has 0 saturated carbocycles. The highest BCUT2D eigenvalue weighted by atomic mass is 35.5. The van der Waals surface area contributed by atoms with E-state index in [1.54, 1.807) is 4.68 Å². The van der Waals surface area contributed by atoms with Crippen LogP contribution in [-0.2, 0) is 13.0 Å². The number of imidazole rings is 1. The molecule has 2 heterocycles. The molecule has 0 fully saturated rings. The van der Waals surface area contributed by atoms with Crippen LogP contribution in [0.15, 0.2) is 24.3 Å². The third-order valence-electron chi connectivity index (χ3n) is 3.34. The number of para-hydroxylation sites is 2. The lowest BCUT2D eigenvalue weighted by molar-refractivity contribution is 0.280. The molecule has 0 unspecified atom stereocenters. The van der Waals surface area contributed by atoms with Crippen LogP contribution in [0.4, 0.5) is 0 Å². The first-order valence-corrected chi connectivity index (χ1v) is 7.30. The van der Waals surface area contributed by atoms with Crippen LogP contribution in [0, 0.1) is 5.92 Å². The van der Waals surface area contributed by atoms with Gasteiger partial charge in [-0.25, -0.2) is 4.98 Å². The molecule has 0 radical (unpaired) electrons. The molecule has 21 heavy (non-hydrogen) atoms. The van der Waals surface area contributed by atoms with Crippen molar-refractivity contribution in [3.63, 3.8) is 0 Å². The summed E-state index contributed by atoms with van der Waals surface area (Å²) < 4.78 is 1.56. The summed E-state index contributed by atoms with van der Waals surface area (Å²) in [5, 5.41) is 14.5. The van der Waals surface area contributed by atoms with E-state index in [4.69, 9.17) is 11.6 Å². The first-order chi connectivity index (χ1) is 10.1. The molecule has 1 aromatic carbocycles. The number of H-pyrrole nitrogens is 1. The van der Waals surface area contributed by atoms with Crippen LogP contribution >= 0.6 is 11.6 Å². The molecular weight excluding hydrogens is 288 g/mol. The third-order valence-corrected chi connectivity index (χ3v) is 3.73. The average Bonchev–Trinajstić information content (AvgIpc) is 2.99. The van der Waals surface area contributed by atoms with Crippen molar-refractivity contribution in [2.45, 2.75) is 26.9 Å². The fraction of sp³-hybridized carbons (Fsp3) is 0.333. The van der Waals surface area contributed by atoms with Gasteiger partial charge in [0, 0.05) is 5.56 Å². The Morgan fingerprint density at radius 2 is 2.10 bits per heavy atom. The highest BCUT2D eigenvalue weighted by Gasteiger charge is 2.19. The Labute approximate surface area is 127 Å². The summed E-state index contributed by atoms with van der Waals surface area (Å²) in [6, 6.07) is 7.75. The summed E-state index contributed by atoms with van der Waals surface area (Å²) in [7, 11) is 0. The minimum absolute atomic E-state index is 0.124. The minimum atomic E-state index is -0.124. The van der Waals surface area contributed by atoms with E-state index in [2.05, 4.69) is 28.9 Å². The monoisotopic (exact) mass is 304 g/mol. The van der Waals surface area contributed by atoms with Gasteiger partial charge < -0.3 is 10.1 Å². The van der Waals surface area contributed by atoms with Crippen LogP contribution in [0.3, 0.4) is 0 Å². The van der Waals surface area contributed by atoms with Gasteiger partial charge in [0.1, 0.15) is 5.15 Å². The van der Waals surface area contributed by atoms with Gasteiger partial charge in [-0.2, -0.15) is 9.78 Å². The van der Waals surface area contributed by atoms with Gasteiger partial charge in [-0.3, -0.25) is 0 Å². The molecule has 0 bridgehead atoms. The Balaban J connectivity index is 2.11. The first-order valence-electron chi connectivity index (χ1n) is 6.92. The normalized spacial score (nSPS) is 11.7. The van der Waals surface area contributed by atoms with E-state index in [0.717, 1.165) is 23.1 Å². The fourth-order valence-corrected chi connectivity index (χ4v) is 2.65. The smallest absolute Gasteiger partial charge is 0.230 e. The highest BCUT2D eigenvalue weighted by molar-refractivity contribution is 6.30. The standard InChI is InChI=1S/C15H17ClN4O/c1-9(2)7-13-10(8-21)14(16)20(19-13)15-17-11-5-3-4-6-12(11)18-15/h3-6,9,21H,7-8H2,1-2H3,(H,17,18). The second-order valence-electron chi connectivity index (χ2n) is 5.46. The molecule has 0 aliphatic heterocycles. The zero-order valence-electron chi connectivity index (χ0n) is 12.0. The van der Waals surface area contributed by atoms with Gasteiger partial charge in [-0.15, -0.1) is 0 Å². The summed E-state index contributed by atoms with van der Waals surface area (Å²) >= 11 is 6.36. The summed E-state index contributed by atoms with van der Waals surface area (Å²) in [5.74, 6) is 0.997. The van der Waals surface area contributed by atoms with Crippen molar-refractivity contribution >= 4 is 22.6 Å². The van der Waals surface area contributed by atoms with E-state index in [1.807, 2.05) is 24.3 Å². The van der Waals surface area contributed by atoms with E-state index in [1.165, 1.54) is 0 Å². The molecule has 5 nitrogen and oxygen atoms in total. The second kappa shape index (κ2) is 5.50. The molecule has 6 heteroatoms. The fourth-order valence-electron chi connectivity index (χ4n) is 2.36. The third kappa shape index (κ3) is 2.54. The molecule has 0 saturated heterocycles. The van der Waals surface area contributed by atoms with Crippen LogP contribution in [0.2, 0.25) is 5.15 Å². The number of hydrogen-bond donors (Lipinski definition) is 2. The Hall–Kier alpha value is -1.85.